The normalized spacial score (nSPS) is 10.8. The number of hydrogen-bond acceptors (Lipinski definition) is 3. The summed E-state index contributed by atoms with van der Waals surface area (Å²) in [6.45, 7) is 0.472. The van der Waals surface area contributed by atoms with Crippen LogP contribution in [-0.2, 0) is 13.2 Å². The summed E-state index contributed by atoms with van der Waals surface area (Å²) in [6, 6.07) is 14.1. The van der Waals surface area contributed by atoms with Crippen molar-refractivity contribution in [1.29, 1.82) is 0 Å². The second kappa shape index (κ2) is 5.89. The highest BCUT2D eigenvalue weighted by Crippen LogP contribution is 2.20. The average molecular weight is 282 g/mol. The molecule has 0 aliphatic carbocycles. The molecule has 0 atom stereocenters. The first kappa shape index (κ1) is 13.5. The van der Waals surface area contributed by atoms with Crippen LogP contribution in [0.5, 0.6) is 0 Å². The molecule has 3 nitrogen and oxygen atoms in total. The number of aliphatic hydroxyl groups excluding tert-OH is 1. The summed E-state index contributed by atoms with van der Waals surface area (Å²) in [4.78, 5) is 4.32. The van der Waals surface area contributed by atoms with Crippen molar-refractivity contribution < 1.29 is 9.50 Å². The molecule has 0 spiro atoms. The number of aromatic nitrogens is 1. The van der Waals surface area contributed by atoms with Crippen molar-refractivity contribution in [1.82, 2.24) is 4.98 Å². The maximum Gasteiger partial charge on any atom is 0.124 e. The molecule has 3 rings (SSSR count). The first-order valence-electron chi connectivity index (χ1n) is 6.73. The van der Waals surface area contributed by atoms with E-state index < -0.39 is 0 Å². The molecular weight excluding hydrogens is 267 g/mol. The molecule has 0 aliphatic rings. The van der Waals surface area contributed by atoms with E-state index in [9.17, 15) is 4.39 Å². The van der Waals surface area contributed by atoms with Gasteiger partial charge in [0.15, 0.2) is 0 Å². The average Bonchev–Trinajstić information content (AvgIpc) is 2.52. The SMILES string of the molecule is OCc1cccc(NCc2cc(F)cc3cccnc23)c1. The number of anilines is 1. The zero-order valence-electron chi connectivity index (χ0n) is 11.4. The number of nitrogens with one attached hydrogen (secondary N) is 1. The predicted octanol–water partition coefficient (Wildman–Crippen LogP) is 3.48. The monoisotopic (exact) mass is 282 g/mol. The predicted molar refractivity (Wildman–Crippen MR) is 81.4 cm³/mol. The molecule has 4 heteroatoms. The van der Waals surface area contributed by atoms with Gasteiger partial charge in [-0.05, 0) is 35.9 Å². The number of hydrogen-bond donors (Lipinski definition) is 2. The first-order chi connectivity index (χ1) is 10.3. The van der Waals surface area contributed by atoms with Crippen molar-refractivity contribution >= 4 is 16.6 Å². The van der Waals surface area contributed by atoms with E-state index in [1.54, 1.807) is 12.3 Å². The van der Waals surface area contributed by atoms with E-state index in [0.29, 0.717) is 6.54 Å². The summed E-state index contributed by atoms with van der Waals surface area (Å²) in [5, 5.41) is 13.2. The van der Waals surface area contributed by atoms with E-state index in [0.717, 1.165) is 27.7 Å². The third-order valence-corrected chi connectivity index (χ3v) is 3.34. The van der Waals surface area contributed by atoms with Crippen molar-refractivity contribution in [3.05, 3.63) is 71.7 Å². The molecule has 0 amide bonds. The Balaban J connectivity index is 1.87. The molecule has 21 heavy (non-hydrogen) atoms. The lowest BCUT2D eigenvalue weighted by molar-refractivity contribution is 0.282. The van der Waals surface area contributed by atoms with Crippen molar-refractivity contribution in [3.8, 4) is 0 Å². The Hall–Kier alpha value is -2.46. The summed E-state index contributed by atoms with van der Waals surface area (Å²) in [5.74, 6) is -0.267. The molecule has 0 saturated carbocycles. The molecule has 0 saturated heterocycles. The molecule has 0 bridgehead atoms. The number of fused-ring (bicyclic) bond motifs is 1. The van der Waals surface area contributed by atoms with Crippen LogP contribution < -0.4 is 5.32 Å². The van der Waals surface area contributed by atoms with E-state index in [-0.39, 0.29) is 12.4 Å². The highest BCUT2D eigenvalue weighted by atomic mass is 19.1. The Labute approximate surface area is 122 Å². The number of halogens is 1. The lowest BCUT2D eigenvalue weighted by Gasteiger charge is -2.10. The summed E-state index contributed by atoms with van der Waals surface area (Å²) in [6.07, 6.45) is 1.70. The van der Waals surface area contributed by atoms with Crippen molar-refractivity contribution in [2.45, 2.75) is 13.2 Å². The number of benzene rings is 2. The molecule has 0 radical (unpaired) electrons. The maximum absolute atomic E-state index is 13.7. The van der Waals surface area contributed by atoms with E-state index in [1.165, 1.54) is 12.1 Å². The topological polar surface area (TPSA) is 45.1 Å². The lowest BCUT2D eigenvalue weighted by Crippen LogP contribution is -2.02. The van der Waals surface area contributed by atoms with E-state index in [1.807, 2.05) is 30.3 Å². The molecule has 0 aliphatic heterocycles. The largest absolute Gasteiger partial charge is 0.392 e. The standard InChI is InChI=1S/C17H15FN2O/c18-15-8-13-4-2-6-19-17(13)14(9-15)10-20-16-5-1-3-12(7-16)11-21/h1-9,20-21H,10-11H2. The summed E-state index contributed by atoms with van der Waals surface area (Å²) >= 11 is 0. The van der Waals surface area contributed by atoms with Gasteiger partial charge < -0.3 is 10.4 Å². The van der Waals surface area contributed by atoms with E-state index in [4.69, 9.17) is 5.11 Å². The molecule has 0 unspecified atom stereocenters. The third-order valence-electron chi connectivity index (χ3n) is 3.34. The van der Waals surface area contributed by atoms with Crippen LogP contribution in [0.4, 0.5) is 10.1 Å². The molecular formula is C17H15FN2O. The second-order valence-corrected chi connectivity index (χ2v) is 4.85. The van der Waals surface area contributed by atoms with Gasteiger partial charge in [-0.1, -0.05) is 18.2 Å². The molecule has 2 N–H and O–H groups in total. The van der Waals surface area contributed by atoms with Gasteiger partial charge in [0.05, 0.1) is 12.1 Å². The molecule has 1 aromatic heterocycles. The van der Waals surface area contributed by atoms with Crippen LogP contribution >= 0.6 is 0 Å². The second-order valence-electron chi connectivity index (χ2n) is 4.85. The zero-order chi connectivity index (χ0) is 14.7. The first-order valence-corrected chi connectivity index (χ1v) is 6.73. The number of rotatable bonds is 4. The Morgan fingerprint density at radius 1 is 1.10 bits per heavy atom. The Bertz CT molecular complexity index is 774. The van der Waals surface area contributed by atoms with Crippen LogP contribution in [0.25, 0.3) is 10.9 Å². The van der Waals surface area contributed by atoms with Gasteiger partial charge in [0.25, 0.3) is 0 Å². The fourth-order valence-corrected chi connectivity index (χ4v) is 2.34. The van der Waals surface area contributed by atoms with Crippen molar-refractivity contribution in [2.24, 2.45) is 0 Å². The Morgan fingerprint density at radius 3 is 2.86 bits per heavy atom. The fraction of sp³-hybridized carbons (Fsp3) is 0.118. The van der Waals surface area contributed by atoms with Gasteiger partial charge in [-0.25, -0.2) is 4.39 Å². The van der Waals surface area contributed by atoms with E-state index in [2.05, 4.69) is 10.3 Å². The van der Waals surface area contributed by atoms with Gasteiger partial charge >= 0.3 is 0 Å². The van der Waals surface area contributed by atoms with Crippen LogP contribution in [0, 0.1) is 5.82 Å². The van der Waals surface area contributed by atoms with Crippen LogP contribution in [0.2, 0.25) is 0 Å². The number of pyridine rings is 1. The zero-order valence-corrected chi connectivity index (χ0v) is 11.4. The van der Waals surface area contributed by atoms with Gasteiger partial charge in [-0.15, -0.1) is 0 Å². The highest BCUT2D eigenvalue weighted by molar-refractivity contribution is 5.81. The summed E-state index contributed by atoms with van der Waals surface area (Å²) < 4.78 is 13.7. The van der Waals surface area contributed by atoms with Crippen LogP contribution in [0.3, 0.4) is 0 Å². The molecule has 106 valence electrons. The van der Waals surface area contributed by atoms with Crippen LogP contribution in [0.15, 0.2) is 54.7 Å². The minimum atomic E-state index is -0.267. The fourth-order valence-electron chi connectivity index (χ4n) is 2.34. The molecule has 1 heterocycles. The van der Waals surface area contributed by atoms with Gasteiger partial charge in [0.2, 0.25) is 0 Å². The van der Waals surface area contributed by atoms with Crippen molar-refractivity contribution in [3.63, 3.8) is 0 Å². The van der Waals surface area contributed by atoms with Gasteiger partial charge in [-0.3, -0.25) is 4.98 Å². The van der Waals surface area contributed by atoms with Gasteiger partial charge in [0, 0.05) is 29.4 Å². The van der Waals surface area contributed by atoms with Gasteiger partial charge in [0.1, 0.15) is 5.82 Å². The minimum Gasteiger partial charge on any atom is -0.392 e. The number of nitrogens with zero attached hydrogens (tertiary/aromatic N) is 1. The molecule has 2 aromatic carbocycles. The summed E-state index contributed by atoms with van der Waals surface area (Å²) in [5.41, 5.74) is 3.32. The molecule has 0 fully saturated rings. The maximum atomic E-state index is 13.7. The summed E-state index contributed by atoms with van der Waals surface area (Å²) in [7, 11) is 0. The van der Waals surface area contributed by atoms with Crippen LogP contribution in [-0.4, -0.2) is 10.1 Å². The third kappa shape index (κ3) is 3.01. The Kier molecular flexibility index (Phi) is 3.79. The van der Waals surface area contributed by atoms with Crippen LogP contribution in [0.1, 0.15) is 11.1 Å². The minimum absolute atomic E-state index is 0.0000284. The number of aliphatic hydroxyl groups is 1. The Morgan fingerprint density at radius 2 is 2.00 bits per heavy atom. The quantitative estimate of drug-likeness (QED) is 0.770. The lowest BCUT2D eigenvalue weighted by atomic mass is 10.1. The van der Waals surface area contributed by atoms with Gasteiger partial charge in [-0.2, -0.15) is 0 Å². The smallest absolute Gasteiger partial charge is 0.124 e. The van der Waals surface area contributed by atoms with Crippen molar-refractivity contribution in [2.75, 3.05) is 5.32 Å². The molecule has 3 aromatic rings. The van der Waals surface area contributed by atoms with E-state index >= 15 is 0 Å². The highest BCUT2D eigenvalue weighted by Gasteiger charge is 2.05.